The summed E-state index contributed by atoms with van der Waals surface area (Å²) in [5, 5.41) is 10.5. The fourth-order valence-corrected chi connectivity index (χ4v) is 3.50. The van der Waals surface area contributed by atoms with Gasteiger partial charge in [-0.3, -0.25) is 4.79 Å². The lowest BCUT2D eigenvalue weighted by atomic mass is 9.97. The second-order valence-electron chi connectivity index (χ2n) is 6.07. The van der Waals surface area contributed by atoms with Crippen molar-refractivity contribution in [3.8, 4) is 0 Å². The highest BCUT2D eigenvalue weighted by Crippen LogP contribution is 2.34. The first kappa shape index (κ1) is 16.9. The molecule has 136 valence electrons. The standard InChI is InChI=1S/C15H13F3N6OS/c16-15(17,18)9-3-4-24-12(6-9)20-21-13(24)7-19-14(25)8-1-2-10-11(5-8)23-26-22-10/h1-2,5,9H,3-4,6-7H2,(H,19,25)/t9-/m1/s1. The predicted molar refractivity (Wildman–Crippen MR) is 86.5 cm³/mol. The van der Waals surface area contributed by atoms with E-state index in [4.69, 9.17) is 0 Å². The molecule has 1 N–H and O–H groups in total. The summed E-state index contributed by atoms with van der Waals surface area (Å²) in [5.41, 5.74) is 1.79. The molecule has 26 heavy (non-hydrogen) atoms. The minimum atomic E-state index is -4.23. The van der Waals surface area contributed by atoms with Gasteiger partial charge < -0.3 is 9.88 Å². The third kappa shape index (κ3) is 3.14. The Morgan fingerprint density at radius 1 is 1.27 bits per heavy atom. The van der Waals surface area contributed by atoms with Crippen molar-refractivity contribution in [2.24, 2.45) is 5.92 Å². The summed E-state index contributed by atoms with van der Waals surface area (Å²) in [6, 6.07) is 5.00. The Morgan fingerprint density at radius 2 is 2.08 bits per heavy atom. The monoisotopic (exact) mass is 382 g/mol. The van der Waals surface area contributed by atoms with Gasteiger partial charge in [-0.25, -0.2) is 0 Å². The van der Waals surface area contributed by atoms with Crippen molar-refractivity contribution >= 4 is 28.7 Å². The molecular weight excluding hydrogens is 369 g/mol. The number of benzene rings is 1. The molecule has 1 aromatic carbocycles. The van der Waals surface area contributed by atoms with Gasteiger partial charge in [-0.05, 0) is 24.6 Å². The Bertz CT molecular complexity index is 966. The molecule has 0 spiro atoms. The molecule has 0 saturated carbocycles. The molecule has 3 heterocycles. The van der Waals surface area contributed by atoms with Crippen LogP contribution in [0.1, 0.15) is 28.4 Å². The maximum Gasteiger partial charge on any atom is 0.392 e. The number of nitrogens with zero attached hydrogens (tertiary/aromatic N) is 5. The molecule has 1 aliphatic heterocycles. The van der Waals surface area contributed by atoms with Gasteiger partial charge in [0.2, 0.25) is 0 Å². The second kappa shape index (κ2) is 6.31. The third-order valence-electron chi connectivity index (χ3n) is 4.42. The summed E-state index contributed by atoms with van der Waals surface area (Å²) >= 11 is 1.07. The van der Waals surface area contributed by atoms with Crippen LogP contribution in [0.4, 0.5) is 13.2 Å². The van der Waals surface area contributed by atoms with Crippen molar-refractivity contribution in [2.75, 3.05) is 0 Å². The number of aromatic nitrogens is 5. The molecular formula is C15H13F3N6OS. The van der Waals surface area contributed by atoms with E-state index in [9.17, 15) is 18.0 Å². The summed E-state index contributed by atoms with van der Waals surface area (Å²) in [6.45, 7) is 0.282. The van der Waals surface area contributed by atoms with Crippen molar-refractivity contribution in [3.63, 3.8) is 0 Å². The fourth-order valence-electron chi connectivity index (χ4n) is 2.98. The van der Waals surface area contributed by atoms with E-state index in [0.29, 0.717) is 22.7 Å². The van der Waals surface area contributed by atoms with Crippen LogP contribution in [0.3, 0.4) is 0 Å². The molecule has 4 rings (SSSR count). The molecule has 0 unspecified atom stereocenters. The molecule has 1 atom stereocenters. The van der Waals surface area contributed by atoms with Gasteiger partial charge in [-0.15, -0.1) is 10.2 Å². The van der Waals surface area contributed by atoms with Crippen LogP contribution in [-0.2, 0) is 19.5 Å². The first-order valence-corrected chi connectivity index (χ1v) is 8.63. The number of fused-ring (bicyclic) bond motifs is 2. The van der Waals surface area contributed by atoms with Gasteiger partial charge in [0.15, 0.2) is 5.82 Å². The maximum absolute atomic E-state index is 12.8. The smallest absolute Gasteiger partial charge is 0.345 e. The molecule has 0 aliphatic carbocycles. The molecule has 3 aromatic rings. The lowest BCUT2D eigenvalue weighted by Crippen LogP contribution is -2.32. The van der Waals surface area contributed by atoms with E-state index in [0.717, 1.165) is 17.2 Å². The van der Waals surface area contributed by atoms with Crippen molar-refractivity contribution < 1.29 is 18.0 Å². The number of carbonyl (C=O) groups excluding carboxylic acids is 1. The number of rotatable bonds is 3. The van der Waals surface area contributed by atoms with Crippen LogP contribution in [0.25, 0.3) is 11.0 Å². The molecule has 0 saturated heterocycles. The average Bonchev–Trinajstić information content (AvgIpc) is 3.24. The zero-order valence-corrected chi connectivity index (χ0v) is 14.1. The number of amides is 1. The van der Waals surface area contributed by atoms with Crippen molar-refractivity contribution in [3.05, 3.63) is 35.4 Å². The third-order valence-corrected chi connectivity index (χ3v) is 4.98. The topological polar surface area (TPSA) is 85.6 Å². The zero-order valence-electron chi connectivity index (χ0n) is 13.3. The SMILES string of the molecule is O=C(NCc1nnc2n1CC[C@@H](C(F)(F)F)C2)c1ccc2nsnc2c1. The van der Waals surface area contributed by atoms with E-state index < -0.39 is 12.1 Å². The van der Waals surface area contributed by atoms with Crippen LogP contribution in [0.5, 0.6) is 0 Å². The van der Waals surface area contributed by atoms with E-state index in [-0.39, 0.29) is 31.8 Å². The van der Waals surface area contributed by atoms with E-state index in [2.05, 4.69) is 24.3 Å². The van der Waals surface area contributed by atoms with E-state index in [1.54, 1.807) is 22.8 Å². The molecule has 1 aliphatic rings. The second-order valence-corrected chi connectivity index (χ2v) is 6.59. The lowest BCUT2D eigenvalue weighted by Gasteiger charge is -2.25. The highest BCUT2D eigenvalue weighted by atomic mass is 32.1. The number of hydrogen-bond acceptors (Lipinski definition) is 6. The van der Waals surface area contributed by atoms with Crippen LogP contribution >= 0.6 is 11.7 Å². The molecule has 0 bridgehead atoms. The number of alkyl halides is 3. The van der Waals surface area contributed by atoms with Crippen LogP contribution in [0.2, 0.25) is 0 Å². The number of halogens is 3. The molecule has 2 aromatic heterocycles. The van der Waals surface area contributed by atoms with Crippen molar-refractivity contribution in [1.82, 2.24) is 28.8 Å². The molecule has 1 amide bonds. The Hall–Kier alpha value is -2.56. The normalized spacial score (nSPS) is 17.3. The Kier molecular flexibility index (Phi) is 4.10. The van der Waals surface area contributed by atoms with Crippen molar-refractivity contribution in [2.45, 2.75) is 32.1 Å². The number of carbonyl (C=O) groups is 1. The zero-order chi connectivity index (χ0) is 18.3. The van der Waals surface area contributed by atoms with E-state index in [1.807, 2.05) is 0 Å². The summed E-state index contributed by atoms with van der Waals surface area (Å²) in [6.07, 6.45) is -4.42. The summed E-state index contributed by atoms with van der Waals surface area (Å²) in [7, 11) is 0. The van der Waals surface area contributed by atoms with Gasteiger partial charge in [0, 0.05) is 18.5 Å². The molecule has 7 nitrogen and oxygen atoms in total. The van der Waals surface area contributed by atoms with Gasteiger partial charge in [-0.2, -0.15) is 21.9 Å². The first-order chi connectivity index (χ1) is 12.4. The van der Waals surface area contributed by atoms with Crippen LogP contribution in [-0.4, -0.2) is 35.6 Å². The van der Waals surface area contributed by atoms with E-state index >= 15 is 0 Å². The predicted octanol–water partition coefficient (Wildman–Crippen LogP) is 2.34. The first-order valence-electron chi connectivity index (χ1n) is 7.90. The summed E-state index contributed by atoms with van der Waals surface area (Å²) in [5.74, 6) is -0.954. The van der Waals surface area contributed by atoms with Gasteiger partial charge in [0.1, 0.15) is 16.9 Å². The average molecular weight is 382 g/mol. The Labute approximate surface area is 149 Å². The van der Waals surface area contributed by atoms with Gasteiger partial charge in [0.25, 0.3) is 5.91 Å². The molecule has 11 heteroatoms. The van der Waals surface area contributed by atoms with Gasteiger partial charge in [0.05, 0.1) is 24.2 Å². The van der Waals surface area contributed by atoms with Crippen LogP contribution < -0.4 is 5.32 Å². The van der Waals surface area contributed by atoms with Gasteiger partial charge >= 0.3 is 6.18 Å². The minimum absolute atomic E-state index is 0.0109. The number of hydrogen-bond donors (Lipinski definition) is 1. The quantitative estimate of drug-likeness (QED) is 0.752. The fraction of sp³-hybridized carbons (Fsp3) is 0.400. The highest BCUT2D eigenvalue weighted by Gasteiger charge is 2.42. The van der Waals surface area contributed by atoms with Crippen molar-refractivity contribution in [1.29, 1.82) is 0 Å². The maximum atomic E-state index is 12.8. The molecule has 0 fully saturated rings. The van der Waals surface area contributed by atoms with Crippen LogP contribution in [0, 0.1) is 5.92 Å². The lowest BCUT2D eigenvalue weighted by molar-refractivity contribution is -0.179. The summed E-state index contributed by atoms with van der Waals surface area (Å²) in [4.78, 5) is 12.3. The largest absolute Gasteiger partial charge is 0.392 e. The van der Waals surface area contributed by atoms with Gasteiger partial charge in [-0.1, -0.05) is 0 Å². The number of nitrogens with one attached hydrogen (secondary N) is 1. The van der Waals surface area contributed by atoms with Crippen LogP contribution in [0.15, 0.2) is 18.2 Å². The Balaban J connectivity index is 1.44. The summed E-state index contributed by atoms with van der Waals surface area (Å²) < 4.78 is 48.4. The van der Waals surface area contributed by atoms with E-state index in [1.165, 1.54) is 0 Å². The minimum Gasteiger partial charge on any atom is -0.345 e. The Morgan fingerprint density at radius 3 is 2.88 bits per heavy atom. The molecule has 0 radical (unpaired) electrons. The highest BCUT2D eigenvalue weighted by molar-refractivity contribution is 7.00.